The summed E-state index contributed by atoms with van der Waals surface area (Å²) in [6.07, 6.45) is 3.74. The predicted molar refractivity (Wildman–Crippen MR) is 110 cm³/mol. The van der Waals surface area contributed by atoms with Gasteiger partial charge in [-0.15, -0.1) is 10.2 Å². The third kappa shape index (κ3) is 3.99. The second kappa shape index (κ2) is 7.70. The van der Waals surface area contributed by atoms with Crippen LogP contribution in [0.4, 0.5) is 0 Å². The molecule has 27 heavy (non-hydrogen) atoms. The van der Waals surface area contributed by atoms with Crippen molar-refractivity contribution in [2.45, 2.75) is 24.3 Å². The number of rotatable bonds is 5. The summed E-state index contributed by atoms with van der Waals surface area (Å²) in [7, 11) is 0. The van der Waals surface area contributed by atoms with Gasteiger partial charge in [-0.05, 0) is 50.2 Å². The molecule has 0 aliphatic rings. The average molecular weight is 441 g/mol. The summed E-state index contributed by atoms with van der Waals surface area (Å²) in [6.45, 7) is 4.08. The minimum atomic E-state index is -0.0207. The topological polar surface area (TPSA) is 56.7 Å². The molecule has 1 unspecified atom stereocenters. The van der Waals surface area contributed by atoms with E-state index in [-0.39, 0.29) is 5.25 Å². The lowest BCUT2D eigenvalue weighted by Gasteiger charge is -2.10. The predicted octanol–water partition coefficient (Wildman–Crippen LogP) is 5.85. The highest BCUT2D eigenvalue weighted by Crippen LogP contribution is 2.35. The Morgan fingerprint density at radius 2 is 1.93 bits per heavy atom. The fourth-order valence-electron chi connectivity index (χ4n) is 2.68. The lowest BCUT2D eigenvalue weighted by molar-refractivity contribution is 0.509. The number of aromatic nitrogens is 4. The number of halogens is 1. The minimum absolute atomic E-state index is 0.0207. The molecule has 0 radical (unpaired) electrons. The van der Waals surface area contributed by atoms with Crippen molar-refractivity contribution in [2.75, 3.05) is 0 Å². The van der Waals surface area contributed by atoms with Crippen molar-refractivity contribution < 1.29 is 4.42 Å². The van der Waals surface area contributed by atoms with Crippen LogP contribution in [0.5, 0.6) is 0 Å². The Morgan fingerprint density at radius 3 is 2.70 bits per heavy atom. The van der Waals surface area contributed by atoms with Gasteiger partial charge < -0.3 is 4.42 Å². The number of nitrogens with zero attached hydrogens (tertiary/aromatic N) is 4. The van der Waals surface area contributed by atoms with E-state index in [1.54, 1.807) is 18.0 Å². The van der Waals surface area contributed by atoms with E-state index in [2.05, 4.69) is 31.1 Å². The number of imidazole rings is 1. The Kier molecular flexibility index (Phi) is 5.13. The van der Waals surface area contributed by atoms with Gasteiger partial charge >= 0.3 is 0 Å². The van der Waals surface area contributed by atoms with Crippen molar-refractivity contribution in [1.29, 1.82) is 0 Å². The number of aryl methyl sites for hydroxylation is 1. The summed E-state index contributed by atoms with van der Waals surface area (Å²) in [4.78, 5) is 4.48. The molecule has 4 aromatic rings. The molecule has 0 spiro atoms. The maximum absolute atomic E-state index is 5.91. The molecule has 0 saturated heterocycles. The van der Waals surface area contributed by atoms with E-state index in [0.717, 1.165) is 26.4 Å². The van der Waals surface area contributed by atoms with Crippen molar-refractivity contribution in [1.82, 2.24) is 19.7 Å². The third-order valence-corrected chi connectivity index (χ3v) is 5.64. The van der Waals surface area contributed by atoms with E-state index in [4.69, 9.17) is 4.42 Å². The highest BCUT2D eigenvalue weighted by molar-refractivity contribution is 9.10. The van der Waals surface area contributed by atoms with Gasteiger partial charge in [-0.3, -0.25) is 4.57 Å². The highest BCUT2D eigenvalue weighted by atomic mass is 79.9. The van der Waals surface area contributed by atoms with E-state index < -0.39 is 0 Å². The lowest BCUT2D eigenvalue weighted by Crippen LogP contribution is -1.97. The summed E-state index contributed by atoms with van der Waals surface area (Å²) < 4.78 is 9.00. The summed E-state index contributed by atoms with van der Waals surface area (Å²) in [5, 5.41) is 9.30. The molecule has 0 bridgehead atoms. The van der Waals surface area contributed by atoms with Gasteiger partial charge in [0.05, 0.1) is 5.25 Å². The molecule has 5 nitrogen and oxygen atoms in total. The van der Waals surface area contributed by atoms with Crippen molar-refractivity contribution in [3.8, 4) is 17.1 Å². The number of benzene rings is 2. The first-order valence-electron chi connectivity index (χ1n) is 8.46. The van der Waals surface area contributed by atoms with E-state index >= 15 is 0 Å². The molecule has 2 heterocycles. The lowest BCUT2D eigenvalue weighted by atomic mass is 10.1. The molecule has 0 fully saturated rings. The number of hydrogen-bond acceptors (Lipinski definition) is 5. The van der Waals surface area contributed by atoms with Gasteiger partial charge in [-0.25, -0.2) is 4.98 Å². The smallest absolute Gasteiger partial charge is 0.247 e. The van der Waals surface area contributed by atoms with Gasteiger partial charge in [0.25, 0.3) is 0 Å². The largest absolute Gasteiger partial charge is 0.419 e. The van der Waals surface area contributed by atoms with Crippen molar-refractivity contribution in [3.05, 3.63) is 76.9 Å². The van der Waals surface area contributed by atoms with E-state index in [0.29, 0.717) is 11.8 Å². The standard InChI is InChI=1S/C20H17BrN4OS/c1-13-4-3-5-15(12-13)19-24-23-18(26-19)14(2)27-20-22-10-11-25(20)17-8-6-16(21)7-9-17/h3-12,14H,1-2H3. The van der Waals surface area contributed by atoms with Gasteiger partial charge in [0.1, 0.15) is 0 Å². The van der Waals surface area contributed by atoms with Crippen LogP contribution in [0.1, 0.15) is 23.6 Å². The van der Waals surface area contributed by atoms with Gasteiger partial charge in [-0.2, -0.15) is 0 Å². The van der Waals surface area contributed by atoms with Crippen LogP contribution in [-0.2, 0) is 0 Å². The Labute approximate surface area is 170 Å². The molecule has 4 rings (SSSR count). The first-order chi connectivity index (χ1) is 13.1. The van der Waals surface area contributed by atoms with Crippen molar-refractivity contribution >= 4 is 27.7 Å². The first-order valence-corrected chi connectivity index (χ1v) is 10.1. The normalized spacial score (nSPS) is 12.3. The summed E-state index contributed by atoms with van der Waals surface area (Å²) in [6, 6.07) is 16.2. The average Bonchev–Trinajstić information content (AvgIpc) is 3.32. The van der Waals surface area contributed by atoms with Crippen LogP contribution in [0.3, 0.4) is 0 Å². The molecule has 0 aliphatic carbocycles. The molecule has 2 aromatic carbocycles. The number of thioether (sulfide) groups is 1. The molecule has 1 atom stereocenters. The van der Waals surface area contributed by atoms with Gasteiger partial charge in [0, 0.05) is 28.1 Å². The Hall–Kier alpha value is -2.38. The molecular weight excluding hydrogens is 424 g/mol. The zero-order valence-electron chi connectivity index (χ0n) is 14.8. The van der Waals surface area contributed by atoms with Crippen LogP contribution in [0.15, 0.2) is 75.0 Å². The fourth-order valence-corrected chi connectivity index (χ4v) is 3.86. The first kappa shape index (κ1) is 18.0. The van der Waals surface area contributed by atoms with Crippen molar-refractivity contribution in [2.24, 2.45) is 0 Å². The SMILES string of the molecule is Cc1cccc(-c2nnc(C(C)Sc3nccn3-c3ccc(Br)cc3)o2)c1. The molecule has 0 saturated carbocycles. The molecule has 0 N–H and O–H groups in total. The monoisotopic (exact) mass is 440 g/mol. The van der Waals surface area contributed by atoms with Gasteiger partial charge in [0.2, 0.25) is 11.8 Å². The second-order valence-corrected chi connectivity index (χ2v) is 8.35. The molecule has 0 aliphatic heterocycles. The molecule has 7 heteroatoms. The summed E-state index contributed by atoms with van der Waals surface area (Å²) >= 11 is 5.05. The fraction of sp³-hybridized carbons (Fsp3) is 0.150. The van der Waals surface area contributed by atoms with Crippen LogP contribution in [-0.4, -0.2) is 19.7 Å². The second-order valence-electron chi connectivity index (χ2n) is 6.13. The van der Waals surface area contributed by atoms with Crippen LogP contribution in [0.2, 0.25) is 0 Å². The van der Waals surface area contributed by atoms with Crippen LogP contribution >= 0.6 is 27.7 Å². The van der Waals surface area contributed by atoms with Gasteiger partial charge in [0.15, 0.2) is 5.16 Å². The molecule has 0 amide bonds. The Bertz CT molecular complexity index is 1060. The molecule has 136 valence electrons. The quantitative estimate of drug-likeness (QED) is 0.364. The minimum Gasteiger partial charge on any atom is -0.419 e. The zero-order chi connectivity index (χ0) is 18.8. The van der Waals surface area contributed by atoms with Gasteiger partial charge in [-0.1, -0.05) is 45.4 Å². The van der Waals surface area contributed by atoms with Crippen LogP contribution in [0, 0.1) is 6.92 Å². The van der Waals surface area contributed by atoms with E-state index in [9.17, 15) is 0 Å². The van der Waals surface area contributed by atoms with Crippen LogP contribution < -0.4 is 0 Å². The Morgan fingerprint density at radius 1 is 1.11 bits per heavy atom. The highest BCUT2D eigenvalue weighted by Gasteiger charge is 2.19. The summed E-state index contributed by atoms with van der Waals surface area (Å²) in [5.41, 5.74) is 3.14. The Balaban J connectivity index is 1.55. The zero-order valence-corrected chi connectivity index (χ0v) is 17.2. The van der Waals surface area contributed by atoms with E-state index in [1.807, 2.05) is 73.1 Å². The molecule has 2 aromatic heterocycles. The maximum Gasteiger partial charge on any atom is 0.247 e. The molecular formula is C20H17BrN4OS. The van der Waals surface area contributed by atoms with Crippen molar-refractivity contribution in [3.63, 3.8) is 0 Å². The van der Waals surface area contributed by atoms with E-state index in [1.165, 1.54) is 0 Å². The summed E-state index contributed by atoms with van der Waals surface area (Å²) in [5.74, 6) is 1.12. The number of hydrogen-bond donors (Lipinski definition) is 0. The van der Waals surface area contributed by atoms with Crippen LogP contribution in [0.25, 0.3) is 17.1 Å². The third-order valence-electron chi connectivity index (χ3n) is 4.05. The maximum atomic E-state index is 5.91.